The van der Waals surface area contributed by atoms with Gasteiger partial charge in [-0.25, -0.2) is 8.42 Å². The van der Waals surface area contributed by atoms with Gasteiger partial charge in [0, 0.05) is 6.54 Å². The van der Waals surface area contributed by atoms with E-state index < -0.39 is 10.0 Å². The fourth-order valence-electron chi connectivity index (χ4n) is 2.70. The fourth-order valence-corrected chi connectivity index (χ4v) is 4.20. The summed E-state index contributed by atoms with van der Waals surface area (Å²) in [6.45, 7) is 3.90. The lowest BCUT2D eigenvalue weighted by Gasteiger charge is -2.26. The van der Waals surface area contributed by atoms with Crippen LogP contribution in [0.1, 0.15) is 18.4 Å². The van der Waals surface area contributed by atoms with E-state index in [9.17, 15) is 13.2 Å². The summed E-state index contributed by atoms with van der Waals surface area (Å²) in [5, 5.41) is 5.86. The summed E-state index contributed by atoms with van der Waals surface area (Å²) in [6, 6.07) is 10.8. The fraction of sp³-hybridized carbons (Fsp3) is 0.316. The zero-order chi connectivity index (χ0) is 21.0. The van der Waals surface area contributed by atoms with Gasteiger partial charge in [-0.3, -0.25) is 9.10 Å². The molecule has 1 amide bonds. The van der Waals surface area contributed by atoms with E-state index in [0.29, 0.717) is 23.9 Å². The topological polar surface area (TPSA) is 96.6 Å². The number of thiophene rings is 1. The molecule has 0 spiro atoms. The van der Waals surface area contributed by atoms with E-state index in [1.165, 1.54) is 16.2 Å². The number of aryl methyl sites for hydroxylation is 1. The summed E-state index contributed by atoms with van der Waals surface area (Å²) in [5.41, 5.74) is 1.45. The number of hydrogen-bond acceptors (Lipinski definition) is 7. The van der Waals surface area contributed by atoms with E-state index >= 15 is 0 Å². The first-order chi connectivity index (χ1) is 13.8. The third-order valence-corrected chi connectivity index (χ3v) is 6.28. The SMILES string of the molecule is CCN(Cc1nc(-c2cccs2)no1)C(=O)CN(c1ccc(C)cc1)S(C)(=O)=O. The molecule has 8 nitrogen and oxygen atoms in total. The summed E-state index contributed by atoms with van der Waals surface area (Å²) < 4.78 is 30.9. The number of carbonyl (C=O) groups is 1. The van der Waals surface area contributed by atoms with Gasteiger partial charge in [0.25, 0.3) is 0 Å². The van der Waals surface area contributed by atoms with Crippen molar-refractivity contribution in [2.45, 2.75) is 20.4 Å². The highest BCUT2D eigenvalue weighted by Crippen LogP contribution is 2.22. The zero-order valence-corrected chi connectivity index (χ0v) is 18.0. The highest BCUT2D eigenvalue weighted by Gasteiger charge is 2.24. The number of benzene rings is 1. The van der Waals surface area contributed by atoms with Gasteiger partial charge in [-0.2, -0.15) is 4.98 Å². The average Bonchev–Trinajstić information content (AvgIpc) is 3.35. The van der Waals surface area contributed by atoms with Crippen LogP contribution in [-0.4, -0.2) is 48.7 Å². The Morgan fingerprint density at radius 2 is 1.93 bits per heavy atom. The molecule has 1 aromatic carbocycles. The molecule has 0 aliphatic carbocycles. The van der Waals surface area contributed by atoms with E-state index in [1.807, 2.05) is 31.4 Å². The maximum absolute atomic E-state index is 12.8. The third kappa shape index (κ3) is 5.21. The molecule has 2 heterocycles. The van der Waals surface area contributed by atoms with Crippen LogP contribution < -0.4 is 4.31 Å². The van der Waals surface area contributed by atoms with E-state index in [0.717, 1.165) is 21.0 Å². The molecule has 0 saturated carbocycles. The van der Waals surface area contributed by atoms with Gasteiger partial charge in [0.1, 0.15) is 13.1 Å². The summed E-state index contributed by atoms with van der Waals surface area (Å²) in [7, 11) is -3.63. The highest BCUT2D eigenvalue weighted by atomic mass is 32.2. The molecule has 154 valence electrons. The average molecular weight is 435 g/mol. The Labute approximate surface area is 173 Å². The maximum Gasteiger partial charge on any atom is 0.246 e. The van der Waals surface area contributed by atoms with Crippen molar-refractivity contribution in [3.05, 3.63) is 53.2 Å². The molecule has 0 atom stereocenters. The Morgan fingerprint density at radius 3 is 2.52 bits per heavy atom. The minimum absolute atomic E-state index is 0.110. The van der Waals surface area contributed by atoms with Gasteiger partial charge in [0.2, 0.25) is 27.6 Å². The molecule has 29 heavy (non-hydrogen) atoms. The summed E-state index contributed by atoms with van der Waals surface area (Å²) >= 11 is 1.49. The number of hydrogen-bond donors (Lipinski definition) is 0. The van der Waals surface area contributed by atoms with E-state index in [2.05, 4.69) is 10.1 Å². The number of amides is 1. The number of rotatable bonds is 8. The molecule has 10 heteroatoms. The Morgan fingerprint density at radius 1 is 1.21 bits per heavy atom. The van der Waals surface area contributed by atoms with Crippen LogP contribution in [0.3, 0.4) is 0 Å². The third-order valence-electron chi connectivity index (χ3n) is 4.27. The van der Waals surface area contributed by atoms with Crippen LogP contribution in [0.15, 0.2) is 46.3 Å². The molecule has 2 aromatic heterocycles. The van der Waals surface area contributed by atoms with E-state index in [-0.39, 0.29) is 19.0 Å². The molecule has 0 unspecified atom stereocenters. The van der Waals surface area contributed by atoms with Gasteiger partial charge < -0.3 is 9.42 Å². The predicted octanol–water partition coefficient (Wildman–Crippen LogP) is 2.92. The first-order valence-corrected chi connectivity index (χ1v) is 11.7. The molecule has 0 saturated heterocycles. The first kappa shape index (κ1) is 21.0. The predicted molar refractivity (Wildman–Crippen MR) is 112 cm³/mol. The van der Waals surface area contributed by atoms with Crippen molar-refractivity contribution in [1.82, 2.24) is 15.0 Å². The minimum Gasteiger partial charge on any atom is -0.337 e. The minimum atomic E-state index is -3.63. The number of anilines is 1. The van der Waals surface area contributed by atoms with Crippen molar-refractivity contribution in [3.63, 3.8) is 0 Å². The second kappa shape index (κ2) is 8.75. The smallest absolute Gasteiger partial charge is 0.246 e. The molecule has 3 aromatic rings. The van der Waals surface area contributed by atoms with Crippen molar-refractivity contribution in [2.75, 3.05) is 23.7 Å². The van der Waals surface area contributed by atoms with Crippen LogP contribution in [-0.2, 0) is 21.4 Å². The standard InChI is InChI=1S/C19H22N4O4S2/c1-4-22(12-17-20-19(21-27-17)16-6-5-11-28-16)18(24)13-23(29(3,25)26)15-9-7-14(2)8-10-15/h5-11H,4,12-13H2,1-3H3. The van der Waals surface area contributed by atoms with Crippen LogP contribution in [0, 0.1) is 6.92 Å². The quantitative estimate of drug-likeness (QED) is 0.541. The van der Waals surface area contributed by atoms with Crippen molar-refractivity contribution >= 4 is 33.0 Å². The summed E-state index contributed by atoms with van der Waals surface area (Å²) in [6.07, 6.45) is 1.09. The Balaban J connectivity index is 1.75. The molecule has 0 aliphatic rings. The maximum atomic E-state index is 12.8. The van der Waals surface area contributed by atoms with Gasteiger partial charge in [0.15, 0.2) is 0 Å². The number of nitrogens with zero attached hydrogens (tertiary/aromatic N) is 4. The van der Waals surface area contributed by atoms with Crippen molar-refractivity contribution in [3.8, 4) is 10.7 Å². The molecule has 0 radical (unpaired) electrons. The number of sulfonamides is 1. The lowest BCUT2D eigenvalue weighted by atomic mass is 10.2. The molecule has 0 bridgehead atoms. The van der Waals surface area contributed by atoms with Gasteiger partial charge in [0.05, 0.1) is 16.8 Å². The Kier molecular flexibility index (Phi) is 6.33. The van der Waals surface area contributed by atoms with Crippen LogP contribution in [0.5, 0.6) is 0 Å². The molecule has 0 fully saturated rings. The molecular weight excluding hydrogens is 412 g/mol. The number of carbonyl (C=O) groups excluding carboxylic acids is 1. The molecule has 0 aliphatic heterocycles. The second-order valence-electron chi connectivity index (χ2n) is 6.50. The van der Waals surface area contributed by atoms with Gasteiger partial charge >= 0.3 is 0 Å². The van der Waals surface area contributed by atoms with Crippen LogP contribution in [0.4, 0.5) is 5.69 Å². The van der Waals surface area contributed by atoms with Crippen LogP contribution in [0.25, 0.3) is 10.7 Å². The second-order valence-corrected chi connectivity index (χ2v) is 9.36. The first-order valence-electron chi connectivity index (χ1n) is 8.96. The van der Waals surface area contributed by atoms with Crippen LogP contribution >= 0.6 is 11.3 Å². The lowest BCUT2D eigenvalue weighted by molar-refractivity contribution is -0.130. The van der Waals surface area contributed by atoms with Gasteiger partial charge in [-0.1, -0.05) is 28.9 Å². The highest BCUT2D eigenvalue weighted by molar-refractivity contribution is 7.92. The zero-order valence-electron chi connectivity index (χ0n) is 16.4. The summed E-state index contributed by atoms with van der Waals surface area (Å²) in [4.78, 5) is 19.5. The van der Waals surface area contributed by atoms with Crippen molar-refractivity contribution in [2.24, 2.45) is 0 Å². The van der Waals surface area contributed by atoms with Crippen LogP contribution in [0.2, 0.25) is 0 Å². The Bertz CT molecular complexity index is 1060. The number of likely N-dealkylation sites (N-methyl/N-ethyl adjacent to an activating group) is 1. The molecular formula is C19H22N4O4S2. The monoisotopic (exact) mass is 434 g/mol. The van der Waals surface area contributed by atoms with Gasteiger partial charge in [-0.05, 0) is 37.4 Å². The van der Waals surface area contributed by atoms with E-state index in [1.54, 1.807) is 24.3 Å². The molecule has 0 N–H and O–H groups in total. The van der Waals surface area contributed by atoms with E-state index in [4.69, 9.17) is 4.52 Å². The van der Waals surface area contributed by atoms with Crippen molar-refractivity contribution < 1.29 is 17.7 Å². The normalized spacial score (nSPS) is 11.4. The largest absolute Gasteiger partial charge is 0.337 e. The Hall–Kier alpha value is -2.72. The van der Waals surface area contributed by atoms with Gasteiger partial charge in [-0.15, -0.1) is 11.3 Å². The lowest BCUT2D eigenvalue weighted by Crippen LogP contribution is -2.42. The molecule has 3 rings (SSSR count). The number of aromatic nitrogens is 2. The van der Waals surface area contributed by atoms with Crippen molar-refractivity contribution in [1.29, 1.82) is 0 Å². The summed E-state index contributed by atoms with van der Waals surface area (Å²) in [5.74, 6) is 0.412.